The van der Waals surface area contributed by atoms with Gasteiger partial charge in [0.15, 0.2) is 0 Å². The van der Waals surface area contributed by atoms with Crippen LogP contribution in [0.25, 0.3) is 50.0 Å². The fraction of sp³-hybridized carbons (Fsp3) is 0.0244. The van der Waals surface area contributed by atoms with Crippen molar-refractivity contribution in [1.29, 1.82) is 0 Å². The monoisotopic (exact) mass is 563 g/mol. The number of aromatic nitrogens is 1. The van der Waals surface area contributed by atoms with Crippen molar-refractivity contribution >= 4 is 22.3 Å². The molecular formula is C41H29N3. The molecular weight excluding hydrogens is 534 g/mol. The number of nitrogens with zero attached hydrogens (tertiary/aromatic N) is 2. The van der Waals surface area contributed by atoms with Gasteiger partial charge in [-0.05, 0) is 64.7 Å². The molecule has 3 nitrogen and oxygen atoms in total. The summed E-state index contributed by atoms with van der Waals surface area (Å²) in [6.07, 6.45) is 15.3. The molecule has 1 aliphatic carbocycles. The third-order valence-electron chi connectivity index (χ3n) is 8.99. The van der Waals surface area contributed by atoms with Crippen molar-refractivity contribution in [2.24, 2.45) is 0 Å². The normalized spacial score (nSPS) is 16.2. The summed E-state index contributed by atoms with van der Waals surface area (Å²) >= 11 is 0. The maximum atomic E-state index is 3.64. The van der Waals surface area contributed by atoms with Gasteiger partial charge in [-0.3, -0.25) is 0 Å². The predicted molar refractivity (Wildman–Crippen MR) is 183 cm³/mol. The van der Waals surface area contributed by atoms with Gasteiger partial charge in [0.1, 0.15) is 0 Å². The van der Waals surface area contributed by atoms with Crippen LogP contribution in [-0.2, 0) is 0 Å². The van der Waals surface area contributed by atoms with Crippen LogP contribution < -0.4 is 10.2 Å². The van der Waals surface area contributed by atoms with Gasteiger partial charge < -0.3 is 14.8 Å². The first-order chi connectivity index (χ1) is 21.8. The first kappa shape index (κ1) is 24.8. The molecule has 3 heterocycles. The number of dihydropyridines is 1. The molecule has 5 aromatic carbocycles. The number of fused-ring (bicyclic) bond motifs is 7. The molecule has 0 saturated heterocycles. The van der Waals surface area contributed by atoms with Crippen LogP contribution in [0.4, 0.5) is 11.4 Å². The number of allylic oxidation sites excluding steroid dienone is 3. The van der Waals surface area contributed by atoms with E-state index in [1.165, 1.54) is 49.9 Å². The van der Waals surface area contributed by atoms with E-state index in [-0.39, 0.29) is 6.04 Å². The molecule has 2 aliphatic heterocycles. The Hall–Kier alpha value is -5.80. The first-order valence-corrected chi connectivity index (χ1v) is 15.2. The molecule has 3 aliphatic rings. The van der Waals surface area contributed by atoms with Gasteiger partial charge in [-0.1, -0.05) is 109 Å². The third-order valence-corrected chi connectivity index (χ3v) is 8.99. The lowest BCUT2D eigenvalue weighted by Gasteiger charge is -2.32. The molecule has 6 aromatic rings. The second kappa shape index (κ2) is 9.89. The smallest absolute Gasteiger partial charge is 0.0697 e. The highest BCUT2D eigenvalue weighted by Gasteiger charge is 2.31. The number of nitrogens with one attached hydrogen (secondary N) is 1. The molecule has 3 heteroatoms. The minimum absolute atomic E-state index is 0.196. The average Bonchev–Trinajstić information content (AvgIpc) is 3.47. The Kier molecular flexibility index (Phi) is 5.57. The summed E-state index contributed by atoms with van der Waals surface area (Å²) in [7, 11) is 0. The Morgan fingerprint density at radius 3 is 2.14 bits per heavy atom. The summed E-state index contributed by atoms with van der Waals surface area (Å²) in [5, 5.41) is 4.88. The summed E-state index contributed by atoms with van der Waals surface area (Å²) in [5.41, 5.74) is 14.4. The van der Waals surface area contributed by atoms with Crippen LogP contribution in [0.1, 0.15) is 0 Å². The highest BCUT2D eigenvalue weighted by molar-refractivity contribution is 6.14. The molecule has 1 atom stereocenters. The van der Waals surface area contributed by atoms with Crippen LogP contribution in [-0.4, -0.2) is 10.6 Å². The SMILES string of the molecule is C1=CC2=CC(N3c4ccccc4-c4cc5c(ccn5-c5ccccc5)c(-c5ccccc5)c4-c4ccccc43)=CNC2C=C1. The molecule has 1 aromatic heterocycles. The minimum atomic E-state index is 0.196. The molecule has 208 valence electrons. The molecule has 0 saturated carbocycles. The van der Waals surface area contributed by atoms with Crippen molar-refractivity contribution in [2.45, 2.75) is 6.04 Å². The molecule has 0 radical (unpaired) electrons. The van der Waals surface area contributed by atoms with Gasteiger partial charge in [-0.2, -0.15) is 0 Å². The van der Waals surface area contributed by atoms with E-state index in [9.17, 15) is 0 Å². The molecule has 0 spiro atoms. The molecule has 0 amide bonds. The summed E-state index contributed by atoms with van der Waals surface area (Å²) in [4.78, 5) is 2.43. The van der Waals surface area contributed by atoms with Crippen molar-refractivity contribution in [3.63, 3.8) is 0 Å². The molecule has 44 heavy (non-hydrogen) atoms. The van der Waals surface area contributed by atoms with Crippen LogP contribution in [0.15, 0.2) is 175 Å². The zero-order chi connectivity index (χ0) is 29.0. The van der Waals surface area contributed by atoms with Crippen molar-refractivity contribution in [3.8, 4) is 39.1 Å². The second-order valence-electron chi connectivity index (χ2n) is 11.5. The first-order valence-electron chi connectivity index (χ1n) is 15.2. The van der Waals surface area contributed by atoms with Crippen molar-refractivity contribution < 1.29 is 0 Å². The Morgan fingerprint density at radius 1 is 0.614 bits per heavy atom. The highest BCUT2D eigenvalue weighted by atomic mass is 15.2. The molecule has 1 N–H and O–H groups in total. The third kappa shape index (κ3) is 3.76. The van der Waals surface area contributed by atoms with E-state index in [1.54, 1.807) is 0 Å². The minimum Gasteiger partial charge on any atom is -0.379 e. The number of rotatable bonds is 3. The highest BCUT2D eigenvalue weighted by Crippen LogP contribution is 2.54. The van der Waals surface area contributed by atoms with E-state index in [1.807, 2.05) is 0 Å². The van der Waals surface area contributed by atoms with E-state index in [2.05, 4.69) is 179 Å². The van der Waals surface area contributed by atoms with Crippen LogP contribution in [0.5, 0.6) is 0 Å². The predicted octanol–water partition coefficient (Wildman–Crippen LogP) is 9.95. The van der Waals surface area contributed by atoms with Crippen LogP contribution >= 0.6 is 0 Å². The fourth-order valence-electron chi connectivity index (χ4n) is 7.04. The lowest BCUT2D eigenvalue weighted by Crippen LogP contribution is -2.31. The van der Waals surface area contributed by atoms with Crippen molar-refractivity contribution in [1.82, 2.24) is 9.88 Å². The Bertz CT molecular complexity index is 2200. The van der Waals surface area contributed by atoms with Gasteiger partial charge in [-0.15, -0.1) is 0 Å². The Morgan fingerprint density at radius 2 is 1.32 bits per heavy atom. The Balaban J connectivity index is 1.39. The zero-order valence-corrected chi connectivity index (χ0v) is 24.1. The van der Waals surface area contributed by atoms with Crippen LogP contribution in [0.3, 0.4) is 0 Å². The van der Waals surface area contributed by atoms with Gasteiger partial charge in [-0.25, -0.2) is 0 Å². The van der Waals surface area contributed by atoms with E-state index >= 15 is 0 Å². The van der Waals surface area contributed by atoms with Gasteiger partial charge in [0.2, 0.25) is 0 Å². The van der Waals surface area contributed by atoms with Gasteiger partial charge >= 0.3 is 0 Å². The lowest BCUT2D eigenvalue weighted by atomic mass is 9.85. The summed E-state index contributed by atoms with van der Waals surface area (Å²) in [5.74, 6) is 0. The van der Waals surface area contributed by atoms with Crippen LogP contribution in [0, 0.1) is 0 Å². The van der Waals surface area contributed by atoms with Crippen LogP contribution in [0.2, 0.25) is 0 Å². The maximum Gasteiger partial charge on any atom is 0.0697 e. The topological polar surface area (TPSA) is 20.2 Å². The number of para-hydroxylation sites is 3. The van der Waals surface area contributed by atoms with E-state index in [4.69, 9.17) is 0 Å². The number of anilines is 2. The summed E-state index contributed by atoms with van der Waals surface area (Å²) in [6, 6.07) is 44.1. The number of hydrogen-bond acceptors (Lipinski definition) is 2. The second-order valence-corrected chi connectivity index (χ2v) is 11.5. The van der Waals surface area contributed by atoms with E-state index < -0.39 is 0 Å². The van der Waals surface area contributed by atoms with E-state index in [0.717, 1.165) is 22.8 Å². The number of benzene rings is 5. The van der Waals surface area contributed by atoms with Crippen molar-refractivity contribution in [3.05, 3.63) is 175 Å². The number of hydrogen-bond donors (Lipinski definition) is 1. The summed E-state index contributed by atoms with van der Waals surface area (Å²) in [6.45, 7) is 0. The van der Waals surface area contributed by atoms with Gasteiger partial charge in [0.05, 0.1) is 28.6 Å². The largest absolute Gasteiger partial charge is 0.379 e. The molecule has 1 unspecified atom stereocenters. The van der Waals surface area contributed by atoms with Gasteiger partial charge in [0.25, 0.3) is 0 Å². The molecule has 0 bridgehead atoms. The van der Waals surface area contributed by atoms with E-state index in [0.29, 0.717) is 0 Å². The fourth-order valence-corrected chi connectivity index (χ4v) is 7.04. The average molecular weight is 564 g/mol. The van der Waals surface area contributed by atoms with Gasteiger partial charge in [0, 0.05) is 40.2 Å². The Labute approximate surface area is 257 Å². The standard InChI is InChI=1S/C41H29N3/c1-3-13-28(14-4-1)40-34-23-24-43(30-16-5-2-6-17-30)39(34)26-35-32-18-8-11-21-37(32)44(38-22-12-9-19-33(38)41(35)40)31-25-29-15-7-10-20-36(29)42-27-31/h1-27,36,42H. The lowest BCUT2D eigenvalue weighted by molar-refractivity contribution is 0.781. The molecule has 0 fully saturated rings. The maximum absolute atomic E-state index is 3.64. The zero-order valence-electron chi connectivity index (χ0n) is 24.1. The summed E-state index contributed by atoms with van der Waals surface area (Å²) < 4.78 is 2.32. The quantitative estimate of drug-likeness (QED) is 0.231. The van der Waals surface area contributed by atoms with Crippen molar-refractivity contribution in [2.75, 3.05) is 4.90 Å². The molecule has 9 rings (SSSR count).